The Morgan fingerprint density at radius 1 is 0.730 bits per heavy atom. The van der Waals surface area contributed by atoms with Crippen molar-refractivity contribution in [1.29, 1.82) is 0 Å². The molecule has 0 aromatic heterocycles. The molecule has 0 aromatic rings. The molecule has 2 heterocycles. The maximum absolute atomic E-state index is 11.6. The number of carbonyl (C=O) groups is 2. The number of unbranched alkanes of at least 4 members (excludes halogenated alkanes) is 4. The van der Waals surface area contributed by atoms with Gasteiger partial charge < -0.3 is 28.4 Å². The molecule has 2 aliphatic rings. The zero-order chi connectivity index (χ0) is 27.5. The zero-order valence-corrected chi connectivity index (χ0v) is 24.0. The molecular formula is C29H50O8. The molecule has 0 saturated carbocycles. The Kier molecular flexibility index (Phi) is 13.6. The third kappa shape index (κ3) is 9.65. The van der Waals surface area contributed by atoms with Crippen LogP contribution < -0.4 is 0 Å². The lowest BCUT2D eigenvalue weighted by Crippen LogP contribution is -2.56. The second-order valence-corrected chi connectivity index (χ2v) is 10.9. The molecule has 10 atom stereocenters. The molecule has 4 unspecified atom stereocenters. The summed E-state index contributed by atoms with van der Waals surface area (Å²) in [6.45, 7) is 18.1. The molecule has 0 radical (unpaired) electrons. The number of carbonyl (C=O) groups excluding carboxylic acids is 2. The molecule has 0 spiro atoms. The van der Waals surface area contributed by atoms with E-state index in [1.165, 1.54) is 13.8 Å². The van der Waals surface area contributed by atoms with E-state index in [4.69, 9.17) is 28.4 Å². The van der Waals surface area contributed by atoms with Gasteiger partial charge in [-0.15, -0.1) is 6.58 Å². The number of esters is 2. The van der Waals surface area contributed by atoms with Gasteiger partial charge in [0, 0.05) is 32.3 Å². The summed E-state index contributed by atoms with van der Waals surface area (Å²) in [5, 5.41) is 0. The van der Waals surface area contributed by atoms with E-state index in [2.05, 4.69) is 41.2 Å². The van der Waals surface area contributed by atoms with Crippen molar-refractivity contribution in [3.8, 4) is 0 Å². The third-order valence-corrected chi connectivity index (χ3v) is 8.21. The van der Waals surface area contributed by atoms with E-state index in [9.17, 15) is 9.59 Å². The Bertz CT molecular complexity index is 712. The van der Waals surface area contributed by atoms with Gasteiger partial charge in [0.25, 0.3) is 0 Å². The highest BCUT2D eigenvalue weighted by Gasteiger charge is 2.47. The van der Waals surface area contributed by atoms with Crippen LogP contribution in [-0.4, -0.2) is 62.7 Å². The standard InChI is InChI=1S/C29H50O8/c1-9-10-11-12-13-14-15-32-28-22(6)20(4)27(26(36-28)17-34-24(8)31)37-29-21(5)18(2)19(3)25(35-29)16-33-23(7)30/h9,18-22,25-29H,1,10-17H2,2-8H3/t18-,19+,20+,21?,22?,25?,26?,27-,28+,29-/m0/s1. The maximum Gasteiger partial charge on any atom is 0.302 e. The van der Waals surface area contributed by atoms with Crippen molar-refractivity contribution < 1.29 is 38.0 Å². The number of rotatable bonds is 14. The summed E-state index contributed by atoms with van der Waals surface area (Å²) < 4.78 is 36.1. The summed E-state index contributed by atoms with van der Waals surface area (Å²) in [6.07, 6.45) is 5.41. The summed E-state index contributed by atoms with van der Waals surface area (Å²) in [5.41, 5.74) is 0. The van der Waals surface area contributed by atoms with E-state index < -0.39 is 18.7 Å². The first-order valence-corrected chi connectivity index (χ1v) is 14.0. The van der Waals surface area contributed by atoms with Gasteiger partial charge in [-0.3, -0.25) is 9.59 Å². The Morgan fingerprint density at radius 3 is 1.92 bits per heavy atom. The number of hydrogen-bond acceptors (Lipinski definition) is 8. The van der Waals surface area contributed by atoms with Crippen LogP contribution in [0.25, 0.3) is 0 Å². The molecular weight excluding hydrogens is 476 g/mol. The van der Waals surface area contributed by atoms with Gasteiger partial charge in [0.15, 0.2) is 12.6 Å². The summed E-state index contributed by atoms with van der Waals surface area (Å²) in [4.78, 5) is 23.0. The molecule has 0 aromatic carbocycles. The van der Waals surface area contributed by atoms with Crippen LogP contribution in [0.3, 0.4) is 0 Å². The summed E-state index contributed by atoms with van der Waals surface area (Å²) >= 11 is 0. The third-order valence-electron chi connectivity index (χ3n) is 8.21. The monoisotopic (exact) mass is 526 g/mol. The molecule has 2 saturated heterocycles. The van der Waals surface area contributed by atoms with Gasteiger partial charge >= 0.3 is 11.9 Å². The summed E-state index contributed by atoms with van der Waals surface area (Å²) in [5.74, 6) is 0.0838. The average molecular weight is 527 g/mol. The molecule has 0 N–H and O–H groups in total. The quantitative estimate of drug-likeness (QED) is 0.172. The SMILES string of the molecule is C=CCCCCCCO[C@@H]1OC(COC(C)=O)[C@@H](O[C@@H]2OC(COC(C)=O)[C@H](C)[C@H](C)C2C)[C@H](C)C1C. The van der Waals surface area contributed by atoms with Gasteiger partial charge in [0.2, 0.25) is 0 Å². The molecule has 2 aliphatic heterocycles. The second-order valence-electron chi connectivity index (χ2n) is 10.9. The summed E-state index contributed by atoms with van der Waals surface area (Å²) in [7, 11) is 0. The zero-order valence-electron chi connectivity index (χ0n) is 24.0. The molecule has 2 fully saturated rings. The van der Waals surface area contributed by atoms with Gasteiger partial charge in [-0.1, -0.05) is 53.5 Å². The van der Waals surface area contributed by atoms with Gasteiger partial charge in [-0.25, -0.2) is 0 Å². The van der Waals surface area contributed by atoms with Crippen LogP contribution in [0.5, 0.6) is 0 Å². The van der Waals surface area contributed by atoms with Crippen LogP contribution in [0.15, 0.2) is 12.7 Å². The highest BCUT2D eigenvalue weighted by molar-refractivity contribution is 5.66. The van der Waals surface area contributed by atoms with Crippen LogP contribution in [0.4, 0.5) is 0 Å². The first-order valence-electron chi connectivity index (χ1n) is 14.0. The Balaban J connectivity index is 2.05. The average Bonchev–Trinajstić information content (AvgIpc) is 2.85. The fourth-order valence-electron chi connectivity index (χ4n) is 5.13. The van der Waals surface area contributed by atoms with Crippen LogP contribution in [0.2, 0.25) is 0 Å². The van der Waals surface area contributed by atoms with Crippen molar-refractivity contribution in [3.63, 3.8) is 0 Å². The minimum atomic E-state index is -0.497. The normalized spacial score (nSPS) is 36.1. The highest BCUT2D eigenvalue weighted by Crippen LogP contribution is 2.40. The predicted molar refractivity (Wildman–Crippen MR) is 141 cm³/mol. The minimum absolute atomic E-state index is 0.0734. The molecule has 8 nitrogen and oxygen atoms in total. The highest BCUT2D eigenvalue weighted by atomic mass is 16.7. The number of hydrogen-bond donors (Lipinski definition) is 0. The van der Waals surface area contributed by atoms with Crippen LogP contribution in [-0.2, 0) is 38.0 Å². The van der Waals surface area contributed by atoms with Gasteiger partial charge in [-0.2, -0.15) is 0 Å². The van der Waals surface area contributed by atoms with Crippen LogP contribution >= 0.6 is 0 Å². The maximum atomic E-state index is 11.6. The van der Waals surface area contributed by atoms with Crippen molar-refractivity contribution in [2.75, 3.05) is 19.8 Å². The number of allylic oxidation sites excluding steroid dienone is 1. The lowest BCUT2D eigenvalue weighted by molar-refractivity contribution is -0.328. The molecule has 2 rings (SSSR count). The van der Waals surface area contributed by atoms with Gasteiger partial charge in [-0.05, 0) is 37.0 Å². The van der Waals surface area contributed by atoms with Crippen molar-refractivity contribution in [1.82, 2.24) is 0 Å². The Morgan fingerprint density at radius 2 is 1.30 bits per heavy atom. The lowest BCUT2D eigenvalue weighted by Gasteiger charge is -2.48. The molecule has 8 heteroatoms. The Labute approximate surface area is 223 Å². The van der Waals surface area contributed by atoms with Crippen molar-refractivity contribution >= 4 is 11.9 Å². The minimum Gasteiger partial charge on any atom is -0.463 e. The van der Waals surface area contributed by atoms with Crippen molar-refractivity contribution in [2.24, 2.45) is 29.6 Å². The van der Waals surface area contributed by atoms with E-state index in [0.717, 1.165) is 32.1 Å². The lowest BCUT2D eigenvalue weighted by atomic mass is 9.78. The second kappa shape index (κ2) is 15.8. The van der Waals surface area contributed by atoms with Crippen molar-refractivity contribution in [3.05, 3.63) is 12.7 Å². The van der Waals surface area contributed by atoms with Gasteiger partial charge in [0.1, 0.15) is 19.3 Å². The van der Waals surface area contributed by atoms with Crippen LogP contribution in [0, 0.1) is 29.6 Å². The first kappa shape index (κ1) is 31.7. The van der Waals surface area contributed by atoms with Crippen LogP contribution in [0.1, 0.15) is 80.6 Å². The smallest absolute Gasteiger partial charge is 0.302 e. The van der Waals surface area contributed by atoms with E-state index in [1.807, 2.05) is 6.08 Å². The molecule has 0 aliphatic carbocycles. The summed E-state index contributed by atoms with van der Waals surface area (Å²) in [6, 6.07) is 0. The van der Waals surface area contributed by atoms with E-state index in [1.54, 1.807) is 0 Å². The number of ether oxygens (including phenoxy) is 6. The van der Waals surface area contributed by atoms with E-state index in [-0.39, 0.29) is 61.0 Å². The predicted octanol–water partition coefficient (Wildman–Crippen LogP) is 5.28. The van der Waals surface area contributed by atoms with E-state index >= 15 is 0 Å². The fourth-order valence-corrected chi connectivity index (χ4v) is 5.13. The first-order chi connectivity index (χ1) is 17.6. The van der Waals surface area contributed by atoms with Crippen molar-refractivity contribution in [2.45, 2.75) is 111 Å². The Hall–Kier alpha value is -1.48. The molecule has 0 bridgehead atoms. The molecule has 0 amide bonds. The van der Waals surface area contributed by atoms with E-state index in [0.29, 0.717) is 12.5 Å². The largest absolute Gasteiger partial charge is 0.463 e. The molecule has 214 valence electrons. The molecule has 37 heavy (non-hydrogen) atoms. The van der Waals surface area contributed by atoms with Gasteiger partial charge in [0.05, 0.1) is 12.2 Å². The topological polar surface area (TPSA) is 89.5 Å². The fraction of sp³-hybridized carbons (Fsp3) is 0.862.